The summed E-state index contributed by atoms with van der Waals surface area (Å²) in [6.45, 7) is 2.95. The van der Waals surface area contributed by atoms with Gasteiger partial charge in [-0.05, 0) is 37.4 Å². The third-order valence-corrected chi connectivity index (χ3v) is 4.79. The van der Waals surface area contributed by atoms with Gasteiger partial charge in [-0.3, -0.25) is 4.98 Å². The first-order valence-electron chi connectivity index (χ1n) is 9.13. The zero-order valence-electron chi connectivity index (χ0n) is 15.8. The maximum Gasteiger partial charge on any atom is 0.416 e. The molecule has 0 bridgehead atoms. The Morgan fingerprint density at radius 2 is 1.69 bits per heavy atom. The molecule has 1 aromatic carbocycles. The first-order valence-corrected chi connectivity index (χ1v) is 9.13. The minimum atomic E-state index is -4.44. The monoisotopic (exact) mass is 403 g/mol. The van der Waals surface area contributed by atoms with Crippen LogP contribution < -0.4 is 10.2 Å². The summed E-state index contributed by atoms with van der Waals surface area (Å²) >= 11 is 0. The van der Waals surface area contributed by atoms with Crippen molar-refractivity contribution in [2.24, 2.45) is 0 Å². The molecular weight excluding hydrogens is 383 g/mol. The van der Waals surface area contributed by atoms with Crippen LogP contribution in [0.3, 0.4) is 0 Å². The van der Waals surface area contributed by atoms with Crippen molar-refractivity contribution in [1.29, 1.82) is 0 Å². The lowest BCUT2D eigenvalue weighted by molar-refractivity contribution is -0.137. The smallest absolute Gasteiger partial charge is 0.369 e. The Labute approximate surface area is 165 Å². The van der Waals surface area contributed by atoms with Crippen LogP contribution in [0.1, 0.15) is 5.56 Å². The molecule has 0 saturated carbocycles. The van der Waals surface area contributed by atoms with E-state index < -0.39 is 11.7 Å². The van der Waals surface area contributed by atoms with E-state index in [9.17, 15) is 13.2 Å². The average molecular weight is 403 g/mol. The number of hydrogen-bond donors (Lipinski definition) is 1. The summed E-state index contributed by atoms with van der Waals surface area (Å²) in [5, 5.41) is 7.18. The Morgan fingerprint density at radius 1 is 0.966 bits per heavy atom. The van der Waals surface area contributed by atoms with Crippen LogP contribution >= 0.6 is 0 Å². The van der Waals surface area contributed by atoms with Crippen LogP contribution in [0.4, 0.5) is 30.5 Å². The molecule has 1 N–H and O–H groups in total. The number of anilines is 3. The molecule has 3 heterocycles. The van der Waals surface area contributed by atoms with Gasteiger partial charge in [0.15, 0.2) is 0 Å². The number of alkyl halides is 3. The molecular formula is C19H20F3N7. The summed E-state index contributed by atoms with van der Waals surface area (Å²) in [4.78, 5) is 12.2. The van der Waals surface area contributed by atoms with Gasteiger partial charge in [0, 0.05) is 49.9 Å². The Hall–Kier alpha value is -3.14. The van der Waals surface area contributed by atoms with Crippen molar-refractivity contribution in [2.45, 2.75) is 6.18 Å². The van der Waals surface area contributed by atoms with E-state index in [1.807, 2.05) is 11.9 Å². The largest absolute Gasteiger partial charge is 0.416 e. The average Bonchev–Trinajstić information content (AvgIpc) is 3.17. The minimum absolute atomic E-state index is 0.213. The van der Waals surface area contributed by atoms with Gasteiger partial charge in [-0.15, -0.1) is 5.10 Å². The highest BCUT2D eigenvalue weighted by molar-refractivity contribution is 5.64. The second-order valence-electron chi connectivity index (χ2n) is 6.90. The molecule has 1 aliphatic heterocycles. The second-order valence-corrected chi connectivity index (χ2v) is 6.90. The maximum absolute atomic E-state index is 13.4. The molecule has 0 unspecified atom stereocenters. The van der Waals surface area contributed by atoms with Crippen molar-refractivity contribution in [1.82, 2.24) is 24.6 Å². The van der Waals surface area contributed by atoms with Gasteiger partial charge in [-0.1, -0.05) is 0 Å². The first kappa shape index (κ1) is 19.2. The summed E-state index contributed by atoms with van der Waals surface area (Å²) in [5.74, 6) is 0.213. The molecule has 0 radical (unpaired) electrons. The molecule has 1 fully saturated rings. The molecule has 0 spiro atoms. The lowest BCUT2D eigenvalue weighted by Crippen LogP contribution is -2.44. The lowest BCUT2D eigenvalue weighted by atomic mass is 10.1. The van der Waals surface area contributed by atoms with Crippen LogP contribution in [-0.2, 0) is 6.18 Å². The summed E-state index contributed by atoms with van der Waals surface area (Å²) in [7, 11) is 2.00. The molecule has 0 atom stereocenters. The molecule has 0 aliphatic carbocycles. The van der Waals surface area contributed by atoms with Crippen molar-refractivity contribution in [3.8, 4) is 5.69 Å². The van der Waals surface area contributed by atoms with E-state index in [0.29, 0.717) is 24.5 Å². The van der Waals surface area contributed by atoms with E-state index >= 15 is 0 Å². The van der Waals surface area contributed by atoms with E-state index in [0.717, 1.165) is 24.8 Å². The van der Waals surface area contributed by atoms with E-state index in [1.54, 1.807) is 30.6 Å². The summed E-state index contributed by atoms with van der Waals surface area (Å²) in [6, 6.07) is 7.49. The third-order valence-electron chi connectivity index (χ3n) is 4.79. The fourth-order valence-corrected chi connectivity index (χ4v) is 3.16. The van der Waals surface area contributed by atoms with E-state index in [2.05, 4.69) is 25.3 Å². The van der Waals surface area contributed by atoms with Gasteiger partial charge in [0.05, 0.1) is 11.3 Å². The van der Waals surface area contributed by atoms with Crippen LogP contribution in [-0.4, -0.2) is 57.9 Å². The highest BCUT2D eigenvalue weighted by Crippen LogP contribution is 2.35. The quantitative estimate of drug-likeness (QED) is 0.722. The Bertz CT molecular complexity index is 963. The van der Waals surface area contributed by atoms with Gasteiger partial charge in [0.1, 0.15) is 6.33 Å². The Balaban J connectivity index is 1.61. The van der Waals surface area contributed by atoms with Gasteiger partial charge in [0.25, 0.3) is 0 Å². The van der Waals surface area contributed by atoms with Crippen molar-refractivity contribution in [2.75, 3.05) is 43.4 Å². The van der Waals surface area contributed by atoms with E-state index in [4.69, 9.17) is 0 Å². The predicted octanol–water partition coefficient (Wildman–Crippen LogP) is 3.18. The number of rotatable bonds is 4. The fraction of sp³-hybridized carbons (Fsp3) is 0.316. The Morgan fingerprint density at radius 3 is 2.38 bits per heavy atom. The normalized spacial score (nSPS) is 15.5. The van der Waals surface area contributed by atoms with Crippen LogP contribution in [0, 0.1) is 0 Å². The summed E-state index contributed by atoms with van der Waals surface area (Å²) in [6.07, 6.45) is 0.300. The molecule has 152 valence electrons. The van der Waals surface area contributed by atoms with Gasteiger partial charge >= 0.3 is 6.18 Å². The number of nitrogens with one attached hydrogen (secondary N) is 1. The van der Waals surface area contributed by atoms with E-state index in [1.165, 1.54) is 17.1 Å². The molecule has 0 amide bonds. The number of benzene rings is 1. The van der Waals surface area contributed by atoms with Crippen molar-refractivity contribution in [3.63, 3.8) is 0 Å². The van der Waals surface area contributed by atoms with Gasteiger partial charge in [0.2, 0.25) is 5.95 Å². The molecule has 4 rings (SSSR count). The van der Waals surface area contributed by atoms with Crippen LogP contribution in [0.2, 0.25) is 0 Å². The minimum Gasteiger partial charge on any atom is -0.369 e. The molecule has 3 aromatic rings. The molecule has 10 heteroatoms. The molecule has 29 heavy (non-hydrogen) atoms. The Kier molecular flexibility index (Phi) is 5.10. The number of piperazine rings is 1. The topological polar surface area (TPSA) is 62.1 Å². The fourth-order valence-electron chi connectivity index (χ4n) is 3.16. The van der Waals surface area contributed by atoms with Crippen molar-refractivity contribution < 1.29 is 13.2 Å². The molecule has 1 saturated heterocycles. The number of aromatic nitrogens is 4. The maximum atomic E-state index is 13.4. The number of nitrogens with zero attached hydrogens (tertiary/aromatic N) is 6. The highest BCUT2D eigenvalue weighted by atomic mass is 19.4. The van der Waals surface area contributed by atoms with Gasteiger partial charge in [-0.2, -0.15) is 18.2 Å². The van der Waals surface area contributed by atoms with Gasteiger partial charge in [-0.25, -0.2) is 4.68 Å². The van der Waals surface area contributed by atoms with Crippen LogP contribution in [0.5, 0.6) is 0 Å². The molecule has 2 aromatic heterocycles. The molecule has 1 aliphatic rings. The number of hydrogen-bond acceptors (Lipinski definition) is 6. The zero-order chi connectivity index (χ0) is 20.4. The highest BCUT2D eigenvalue weighted by Gasteiger charge is 2.32. The lowest BCUT2D eigenvalue weighted by Gasteiger charge is -2.34. The van der Waals surface area contributed by atoms with Crippen LogP contribution in [0.25, 0.3) is 5.69 Å². The standard InChI is InChI=1S/C19H20F3N7/c1-27-6-8-28(9-7-27)17-11-14(19(20,21)22)10-15(12-17)25-18-24-13-29(26-18)16-2-4-23-5-3-16/h2-5,10-13H,6-9H2,1H3,(H,25,26). The second kappa shape index (κ2) is 7.70. The summed E-state index contributed by atoms with van der Waals surface area (Å²) < 4.78 is 41.9. The van der Waals surface area contributed by atoms with Crippen LogP contribution in [0.15, 0.2) is 49.1 Å². The number of halogens is 3. The predicted molar refractivity (Wildman–Crippen MR) is 104 cm³/mol. The van der Waals surface area contributed by atoms with Gasteiger partial charge < -0.3 is 15.1 Å². The first-order chi connectivity index (χ1) is 13.9. The van der Waals surface area contributed by atoms with Crippen molar-refractivity contribution in [3.05, 3.63) is 54.6 Å². The van der Waals surface area contributed by atoms with Crippen molar-refractivity contribution >= 4 is 17.3 Å². The number of pyridine rings is 1. The zero-order valence-corrected chi connectivity index (χ0v) is 15.8. The number of likely N-dealkylation sites (N-methyl/N-ethyl adjacent to an activating group) is 1. The SMILES string of the molecule is CN1CCN(c2cc(Nc3ncn(-c4ccncc4)n3)cc(C(F)(F)F)c2)CC1. The third kappa shape index (κ3) is 4.48. The molecule has 7 nitrogen and oxygen atoms in total. The summed E-state index contributed by atoms with van der Waals surface area (Å²) in [5.41, 5.74) is 0.873. The van der Waals surface area contributed by atoms with E-state index in [-0.39, 0.29) is 5.95 Å².